The highest BCUT2D eigenvalue weighted by Gasteiger charge is 2.25. The van der Waals surface area contributed by atoms with Crippen LogP contribution in [0.25, 0.3) is 0 Å². The zero-order chi connectivity index (χ0) is 9.42. The van der Waals surface area contributed by atoms with Crippen LogP contribution in [0.2, 0.25) is 0 Å². The number of aliphatic hydroxyl groups excluding tert-OH is 1. The van der Waals surface area contributed by atoms with Gasteiger partial charge in [0.15, 0.2) is 0 Å². The summed E-state index contributed by atoms with van der Waals surface area (Å²) in [6, 6.07) is 5.46. The quantitative estimate of drug-likeness (QED) is 0.545. The summed E-state index contributed by atoms with van der Waals surface area (Å²) < 4.78 is 0. The minimum Gasteiger partial charge on any atom is -0.508 e. The summed E-state index contributed by atoms with van der Waals surface area (Å²) >= 11 is 4.28. The van der Waals surface area contributed by atoms with Crippen molar-refractivity contribution in [2.75, 3.05) is 0 Å². The lowest BCUT2D eigenvalue weighted by Crippen LogP contribution is -2.30. The Kier molecular flexibility index (Phi) is 2.22. The summed E-state index contributed by atoms with van der Waals surface area (Å²) in [6.07, 6.45) is 0.800. The molecule has 0 bridgehead atoms. The molecule has 2 unspecified atom stereocenters. The van der Waals surface area contributed by atoms with Gasteiger partial charge in [-0.05, 0) is 23.6 Å². The molecule has 2 rings (SSSR count). The summed E-state index contributed by atoms with van der Waals surface area (Å²) in [6.45, 7) is 0. The van der Waals surface area contributed by atoms with Crippen molar-refractivity contribution in [2.45, 2.75) is 24.2 Å². The second kappa shape index (κ2) is 3.24. The van der Waals surface area contributed by atoms with Crippen molar-refractivity contribution in [1.82, 2.24) is 0 Å². The van der Waals surface area contributed by atoms with Gasteiger partial charge < -0.3 is 10.2 Å². The lowest BCUT2D eigenvalue weighted by molar-refractivity contribution is 0.164. The van der Waals surface area contributed by atoms with Crippen molar-refractivity contribution in [3.8, 4) is 5.75 Å². The molecule has 3 heteroatoms. The zero-order valence-electron chi connectivity index (χ0n) is 7.14. The molecule has 0 heterocycles. The van der Waals surface area contributed by atoms with Gasteiger partial charge in [-0.3, -0.25) is 0 Å². The van der Waals surface area contributed by atoms with Gasteiger partial charge in [0.2, 0.25) is 0 Å². The van der Waals surface area contributed by atoms with Crippen LogP contribution in [-0.4, -0.2) is 21.6 Å². The standard InChI is InChI=1S/C10H12O2S/c11-8-3-1-2-6-4-10(13)9(12)5-7(6)8/h1-3,9-13H,4-5H2. The first-order valence-electron chi connectivity index (χ1n) is 4.34. The first kappa shape index (κ1) is 8.91. The van der Waals surface area contributed by atoms with Crippen molar-refractivity contribution in [2.24, 2.45) is 0 Å². The molecule has 0 aromatic heterocycles. The third kappa shape index (κ3) is 1.54. The van der Waals surface area contributed by atoms with E-state index in [1.165, 1.54) is 0 Å². The molecule has 1 aliphatic rings. The molecule has 0 aliphatic heterocycles. The number of hydrogen-bond donors (Lipinski definition) is 3. The lowest BCUT2D eigenvalue weighted by Gasteiger charge is -2.26. The third-order valence-electron chi connectivity index (χ3n) is 2.53. The highest BCUT2D eigenvalue weighted by molar-refractivity contribution is 7.81. The number of phenols is 1. The van der Waals surface area contributed by atoms with Crippen LogP contribution in [0.15, 0.2) is 18.2 Å². The molecule has 2 nitrogen and oxygen atoms in total. The second-order valence-corrected chi connectivity index (χ2v) is 4.12. The number of fused-ring (bicyclic) bond motifs is 1. The fourth-order valence-corrected chi connectivity index (χ4v) is 2.06. The number of phenolic OH excluding ortho intramolecular Hbond substituents is 1. The first-order valence-corrected chi connectivity index (χ1v) is 4.86. The Balaban J connectivity index is 2.42. The normalized spacial score (nSPS) is 26.9. The molecule has 0 fully saturated rings. The molecule has 0 saturated heterocycles. The number of aromatic hydroxyl groups is 1. The number of thiol groups is 1. The number of aliphatic hydroxyl groups is 1. The van der Waals surface area contributed by atoms with Gasteiger partial charge in [0.05, 0.1) is 6.10 Å². The van der Waals surface area contributed by atoms with Crippen molar-refractivity contribution < 1.29 is 10.2 Å². The van der Waals surface area contributed by atoms with Crippen molar-refractivity contribution in [3.05, 3.63) is 29.3 Å². The maximum absolute atomic E-state index is 9.56. The van der Waals surface area contributed by atoms with E-state index in [4.69, 9.17) is 0 Å². The van der Waals surface area contributed by atoms with Crippen molar-refractivity contribution in [1.29, 1.82) is 0 Å². The van der Waals surface area contributed by atoms with Gasteiger partial charge in [-0.15, -0.1) is 0 Å². The van der Waals surface area contributed by atoms with Gasteiger partial charge in [0.25, 0.3) is 0 Å². The molecule has 1 aromatic carbocycles. The van der Waals surface area contributed by atoms with E-state index in [0.29, 0.717) is 6.42 Å². The molecule has 1 aromatic rings. The molecular formula is C10H12O2S. The molecule has 2 atom stereocenters. The van der Waals surface area contributed by atoms with Crippen LogP contribution in [0.5, 0.6) is 5.75 Å². The van der Waals surface area contributed by atoms with E-state index in [1.54, 1.807) is 6.07 Å². The van der Waals surface area contributed by atoms with Gasteiger partial charge in [-0.1, -0.05) is 12.1 Å². The summed E-state index contributed by atoms with van der Waals surface area (Å²) in [5, 5.41) is 19.1. The van der Waals surface area contributed by atoms with E-state index >= 15 is 0 Å². The van der Waals surface area contributed by atoms with Crippen LogP contribution >= 0.6 is 12.6 Å². The molecule has 0 amide bonds. The Bertz CT molecular complexity index is 325. The number of benzene rings is 1. The van der Waals surface area contributed by atoms with Gasteiger partial charge >= 0.3 is 0 Å². The Labute approximate surface area is 82.6 Å². The van der Waals surface area contributed by atoms with Crippen LogP contribution in [-0.2, 0) is 12.8 Å². The predicted molar refractivity (Wildman–Crippen MR) is 54.3 cm³/mol. The van der Waals surface area contributed by atoms with E-state index in [2.05, 4.69) is 12.6 Å². The molecule has 70 valence electrons. The number of hydrogen-bond acceptors (Lipinski definition) is 3. The van der Waals surface area contributed by atoms with E-state index in [1.807, 2.05) is 12.1 Å². The summed E-state index contributed by atoms with van der Waals surface area (Å²) in [5.41, 5.74) is 1.98. The smallest absolute Gasteiger partial charge is 0.119 e. The highest BCUT2D eigenvalue weighted by atomic mass is 32.1. The second-order valence-electron chi connectivity index (χ2n) is 3.46. The first-order chi connectivity index (χ1) is 6.18. The molecule has 0 radical (unpaired) electrons. The molecular weight excluding hydrogens is 184 g/mol. The Morgan fingerprint density at radius 2 is 2.08 bits per heavy atom. The highest BCUT2D eigenvalue weighted by Crippen LogP contribution is 2.30. The molecule has 1 aliphatic carbocycles. The van der Waals surface area contributed by atoms with E-state index in [0.717, 1.165) is 17.5 Å². The average Bonchev–Trinajstić information content (AvgIpc) is 2.09. The van der Waals surface area contributed by atoms with E-state index < -0.39 is 6.10 Å². The molecule has 13 heavy (non-hydrogen) atoms. The molecule has 0 spiro atoms. The van der Waals surface area contributed by atoms with Gasteiger partial charge in [-0.2, -0.15) is 12.6 Å². The van der Waals surface area contributed by atoms with E-state index in [-0.39, 0.29) is 11.0 Å². The molecule has 0 saturated carbocycles. The summed E-state index contributed by atoms with van der Waals surface area (Å²) in [5.74, 6) is 0.289. The Morgan fingerprint density at radius 1 is 1.31 bits per heavy atom. The SMILES string of the molecule is Oc1cccc2c1CC(O)C(S)C2. The minimum atomic E-state index is -0.441. The predicted octanol–water partition coefficient (Wildman–Crippen LogP) is 1.15. The minimum absolute atomic E-state index is 0.00528. The fraction of sp³-hybridized carbons (Fsp3) is 0.400. The maximum atomic E-state index is 9.56. The van der Waals surface area contributed by atoms with Crippen LogP contribution in [0.3, 0.4) is 0 Å². The monoisotopic (exact) mass is 196 g/mol. The van der Waals surface area contributed by atoms with Gasteiger partial charge in [-0.25, -0.2) is 0 Å². The average molecular weight is 196 g/mol. The zero-order valence-corrected chi connectivity index (χ0v) is 8.04. The maximum Gasteiger partial charge on any atom is 0.119 e. The summed E-state index contributed by atoms with van der Waals surface area (Å²) in [7, 11) is 0. The third-order valence-corrected chi connectivity index (χ3v) is 3.06. The van der Waals surface area contributed by atoms with Crippen molar-refractivity contribution in [3.63, 3.8) is 0 Å². The van der Waals surface area contributed by atoms with Crippen LogP contribution < -0.4 is 0 Å². The number of rotatable bonds is 0. The van der Waals surface area contributed by atoms with Crippen LogP contribution in [0.1, 0.15) is 11.1 Å². The molecule has 2 N–H and O–H groups in total. The Morgan fingerprint density at radius 3 is 2.85 bits per heavy atom. The van der Waals surface area contributed by atoms with Gasteiger partial charge in [0, 0.05) is 11.7 Å². The topological polar surface area (TPSA) is 40.5 Å². The van der Waals surface area contributed by atoms with Gasteiger partial charge in [0.1, 0.15) is 5.75 Å². The van der Waals surface area contributed by atoms with Crippen LogP contribution in [0.4, 0.5) is 0 Å². The fourth-order valence-electron chi connectivity index (χ4n) is 1.75. The lowest BCUT2D eigenvalue weighted by atomic mass is 9.89. The Hall–Kier alpha value is -0.670. The van der Waals surface area contributed by atoms with E-state index in [9.17, 15) is 10.2 Å². The van der Waals surface area contributed by atoms with Crippen LogP contribution in [0, 0.1) is 0 Å². The summed E-state index contributed by atoms with van der Waals surface area (Å²) in [4.78, 5) is 0. The van der Waals surface area contributed by atoms with Crippen molar-refractivity contribution >= 4 is 12.6 Å². The largest absolute Gasteiger partial charge is 0.508 e.